The van der Waals surface area contributed by atoms with E-state index in [1.807, 2.05) is 0 Å². The van der Waals surface area contributed by atoms with Gasteiger partial charge in [-0.1, -0.05) is 109 Å². The van der Waals surface area contributed by atoms with Gasteiger partial charge in [0.1, 0.15) is 0 Å². The summed E-state index contributed by atoms with van der Waals surface area (Å²) in [6.07, 6.45) is 0. The van der Waals surface area contributed by atoms with Crippen molar-refractivity contribution in [2.24, 2.45) is 0 Å². The second-order valence-corrected chi connectivity index (χ2v) is 8.12. The monoisotopic (exact) mass is 378 g/mol. The van der Waals surface area contributed by atoms with E-state index in [9.17, 15) is 0 Å². The summed E-state index contributed by atoms with van der Waals surface area (Å²) < 4.78 is 0. The lowest BCUT2D eigenvalue weighted by atomic mass is 9.88. The predicted molar refractivity (Wildman–Crippen MR) is 131 cm³/mol. The minimum atomic E-state index is 1.29. The largest absolute Gasteiger partial charge is 0.0616 e. The molecule has 0 heteroatoms. The maximum absolute atomic E-state index is 2.32. The maximum Gasteiger partial charge on any atom is -0.00199 e. The molecule has 0 radical (unpaired) electrons. The Labute approximate surface area is 174 Å². The quantitative estimate of drug-likeness (QED) is 0.232. The molecule has 138 valence electrons. The first-order valence-electron chi connectivity index (χ1n) is 10.5. The molecule has 0 N–H and O–H groups in total. The van der Waals surface area contributed by atoms with E-state index in [0.29, 0.717) is 0 Å². The molecule has 0 amide bonds. The molecule has 0 saturated heterocycles. The lowest BCUT2D eigenvalue weighted by Gasteiger charge is -2.15. The molecular weight excluding hydrogens is 360 g/mol. The second-order valence-electron chi connectivity index (χ2n) is 8.12. The van der Waals surface area contributed by atoms with Crippen molar-refractivity contribution in [3.63, 3.8) is 0 Å². The standard InChI is InChI=1S/C30H18/c1-3-9-21-19(7-1)13-15-26-24(21)17-18-27-23-11-5-6-12-25(23)29-22-10-4-2-8-20(22)14-16-28(29)30(26)27/h1-18H. The van der Waals surface area contributed by atoms with Gasteiger partial charge in [-0.25, -0.2) is 0 Å². The normalized spacial score (nSPS) is 12.0. The minimum Gasteiger partial charge on any atom is -0.0616 e. The number of fused-ring (bicyclic) bond motifs is 12. The van der Waals surface area contributed by atoms with Crippen molar-refractivity contribution in [3.05, 3.63) is 109 Å². The summed E-state index contributed by atoms with van der Waals surface area (Å²) >= 11 is 0. The lowest BCUT2D eigenvalue weighted by Crippen LogP contribution is -1.87. The van der Waals surface area contributed by atoms with Crippen LogP contribution in [0.25, 0.3) is 64.6 Å². The molecule has 0 heterocycles. The van der Waals surface area contributed by atoms with Crippen molar-refractivity contribution < 1.29 is 0 Å². The molecule has 0 nitrogen and oxygen atoms in total. The highest BCUT2D eigenvalue weighted by Crippen LogP contribution is 2.42. The summed E-state index contributed by atoms with van der Waals surface area (Å²) in [5.41, 5.74) is 0. The Morgan fingerprint density at radius 2 is 0.633 bits per heavy atom. The van der Waals surface area contributed by atoms with Crippen molar-refractivity contribution in [1.82, 2.24) is 0 Å². The van der Waals surface area contributed by atoms with E-state index in [4.69, 9.17) is 0 Å². The van der Waals surface area contributed by atoms with Crippen LogP contribution in [0.2, 0.25) is 0 Å². The van der Waals surface area contributed by atoms with Crippen LogP contribution >= 0.6 is 0 Å². The summed E-state index contributed by atoms with van der Waals surface area (Å²) in [5, 5.41) is 15.9. The Balaban J connectivity index is 1.86. The zero-order valence-electron chi connectivity index (χ0n) is 16.4. The van der Waals surface area contributed by atoms with Crippen molar-refractivity contribution in [2.75, 3.05) is 0 Å². The van der Waals surface area contributed by atoms with Gasteiger partial charge < -0.3 is 0 Å². The van der Waals surface area contributed by atoms with Crippen molar-refractivity contribution in [2.45, 2.75) is 0 Å². The van der Waals surface area contributed by atoms with Gasteiger partial charge in [0.15, 0.2) is 0 Å². The minimum absolute atomic E-state index is 1.29. The third-order valence-electron chi connectivity index (χ3n) is 6.61. The van der Waals surface area contributed by atoms with Gasteiger partial charge in [0, 0.05) is 0 Å². The van der Waals surface area contributed by atoms with Crippen LogP contribution in [0.15, 0.2) is 109 Å². The molecule has 30 heavy (non-hydrogen) atoms. The van der Waals surface area contributed by atoms with Gasteiger partial charge in [0.25, 0.3) is 0 Å². The molecule has 0 fully saturated rings. The van der Waals surface area contributed by atoms with E-state index < -0.39 is 0 Å². The molecule has 0 unspecified atom stereocenters. The summed E-state index contributed by atoms with van der Waals surface area (Å²) in [6.45, 7) is 0. The number of hydrogen-bond acceptors (Lipinski definition) is 0. The molecule has 0 aromatic heterocycles. The maximum atomic E-state index is 2.32. The zero-order chi connectivity index (χ0) is 19.7. The van der Waals surface area contributed by atoms with Crippen LogP contribution in [-0.4, -0.2) is 0 Å². The SMILES string of the molecule is c1ccc2c(c1)ccc1c2ccc2c3ccccc3c3c4ccccc4ccc3c12. The fourth-order valence-electron chi connectivity index (χ4n) is 5.31. The first kappa shape index (κ1) is 16.0. The molecule has 0 atom stereocenters. The highest BCUT2D eigenvalue weighted by Gasteiger charge is 2.14. The Morgan fingerprint density at radius 1 is 0.233 bits per heavy atom. The predicted octanol–water partition coefficient (Wildman–Crippen LogP) is 8.61. The Bertz CT molecular complexity index is 1790. The Hall–Kier alpha value is -3.90. The van der Waals surface area contributed by atoms with Gasteiger partial charge in [0.05, 0.1) is 0 Å². The van der Waals surface area contributed by atoms with Crippen molar-refractivity contribution in [3.8, 4) is 0 Å². The van der Waals surface area contributed by atoms with Crippen LogP contribution in [-0.2, 0) is 0 Å². The van der Waals surface area contributed by atoms with Crippen LogP contribution in [0.5, 0.6) is 0 Å². The average molecular weight is 378 g/mol. The van der Waals surface area contributed by atoms with E-state index in [2.05, 4.69) is 109 Å². The number of benzene rings is 7. The fourth-order valence-corrected chi connectivity index (χ4v) is 5.31. The summed E-state index contributed by atoms with van der Waals surface area (Å²) in [6, 6.07) is 40.1. The molecule has 7 aromatic carbocycles. The third-order valence-corrected chi connectivity index (χ3v) is 6.61. The third kappa shape index (κ3) is 2.00. The van der Waals surface area contributed by atoms with Crippen LogP contribution in [0.1, 0.15) is 0 Å². The van der Waals surface area contributed by atoms with Gasteiger partial charge >= 0.3 is 0 Å². The topological polar surface area (TPSA) is 0 Å². The van der Waals surface area contributed by atoms with Gasteiger partial charge in [-0.2, -0.15) is 0 Å². The van der Waals surface area contributed by atoms with Crippen molar-refractivity contribution in [1.29, 1.82) is 0 Å². The molecule has 7 rings (SSSR count). The Kier molecular flexibility index (Phi) is 3.09. The molecule has 0 spiro atoms. The summed E-state index contributed by atoms with van der Waals surface area (Å²) in [7, 11) is 0. The highest BCUT2D eigenvalue weighted by atomic mass is 14.2. The van der Waals surface area contributed by atoms with E-state index in [-0.39, 0.29) is 0 Å². The molecule has 0 bridgehead atoms. The molecular formula is C30H18. The van der Waals surface area contributed by atoms with E-state index in [1.165, 1.54) is 64.6 Å². The first-order chi connectivity index (χ1) is 14.9. The van der Waals surface area contributed by atoms with Crippen LogP contribution in [0.4, 0.5) is 0 Å². The van der Waals surface area contributed by atoms with Gasteiger partial charge in [0.2, 0.25) is 0 Å². The second kappa shape index (κ2) is 5.81. The van der Waals surface area contributed by atoms with Gasteiger partial charge in [-0.05, 0) is 64.6 Å². The molecule has 0 aliphatic heterocycles. The number of rotatable bonds is 0. The zero-order valence-corrected chi connectivity index (χ0v) is 16.4. The molecule has 0 aliphatic rings. The fraction of sp³-hybridized carbons (Fsp3) is 0. The van der Waals surface area contributed by atoms with Gasteiger partial charge in [-0.15, -0.1) is 0 Å². The summed E-state index contributed by atoms with van der Waals surface area (Å²) in [5.74, 6) is 0. The average Bonchev–Trinajstić information content (AvgIpc) is 2.83. The lowest BCUT2D eigenvalue weighted by molar-refractivity contribution is 1.78. The van der Waals surface area contributed by atoms with Crippen LogP contribution < -0.4 is 0 Å². The van der Waals surface area contributed by atoms with E-state index in [0.717, 1.165) is 0 Å². The molecule has 0 aliphatic carbocycles. The van der Waals surface area contributed by atoms with Crippen LogP contribution in [0.3, 0.4) is 0 Å². The molecule has 0 saturated carbocycles. The van der Waals surface area contributed by atoms with Crippen LogP contribution in [0, 0.1) is 0 Å². The highest BCUT2D eigenvalue weighted by molar-refractivity contribution is 6.36. The van der Waals surface area contributed by atoms with E-state index in [1.54, 1.807) is 0 Å². The van der Waals surface area contributed by atoms with Crippen molar-refractivity contribution >= 4 is 64.6 Å². The smallest absolute Gasteiger partial charge is 0.00199 e. The number of hydrogen-bond donors (Lipinski definition) is 0. The van der Waals surface area contributed by atoms with E-state index >= 15 is 0 Å². The van der Waals surface area contributed by atoms with Gasteiger partial charge in [-0.3, -0.25) is 0 Å². The first-order valence-corrected chi connectivity index (χ1v) is 10.5. The molecule has 7 aromatic rings. The summed E-state index contributed by atoms with van der Waals surface area (Å²) in [4.78, 5) is 0. The Morgan fingerprint density at radius 3 is 1.40 bits per heavy atom.